The van der Waals surface area contributed by atoms with Gasteiger partial charge in [0.2, 0.25) is 5.91 Å². The second-order valence-electron chi connectivity index (χ2n) is 7.81. The van der Waals surface area contributed by atoms with Gasteiger partial charge in [-0.15, -0.1) is 11.3 Å². The van der Waals surface area contributed by atoms with Crippen molar-refractivity contribution in [2.75, 3.05) is 11.9 Å². The van der Waals surface area contributed by atoms with Crippen LogP contribution in [0.1, 0.15) is 46.5 Å². The average molecular weight is 462 g/mol. The molecule has 0 radical (unpaired) electrons. The first kappa shape index (κ1) is 22.4. The maximum Gasteiger partial charge on any atom is 0.410 e. The van der Waals surface area contributed by atoms with Gasteiger partial charge < -0.3 is 15.0 Å². The molecule has 3 aromatic heterocycles. The van der Waals surface area contributed by atoms with Crippen LogP contribution in [-0.4, -0.2) is 33.4 Å². The minimum atomic E-state index is -0.404. The molecule has 1 aliphatic heterocycles. The molecule has 3 aromatic rings. The fourth-order valence-electron chi connectivity index (χ4n) is 3.71. The monoisotopic (exact) mass is 461 g/mol. The standard InChI is InChI=1S/C24H23N5O3S/c1-16(20-4-2-3-8-27-20)12-22(30)28-23-19(13-25)18-7-11-29(14-21(18)33-23)24(31)32-15-17-5-9-26-10-6-17/h2-6,8-10,16H,7,11-12,14-15H2,1H3,(H,28,30)/t16-/m0/s1. The summed E-state index contributed by atoms with van der Waals surface area (Å²) in [6, 6.07) is 11.4. The summed E-state index contributed by atoms with van der Waals surface area (Å²) in [5.41, 5.74) is 3.09. The number of fused-ring (bicyclic) bond motifs is 1. The molecule has 1 N–H and O–H groups in total. The summed E-state index contributed by atoms with van der Waals surface area (Å²) in [7, 11) is 0. The van der Waals surface area contributed by atoms with Crippen molar-refractivity contribution in [3.05, 3.63) is 76.2 Å². The van der Waals surface area contributed by atoms with E-state index in [1.165, 1.54) is 11.3 Å². The molecular formula is C24H23N5O3S. The predicted octanol–water partition coefficient (Wildman–Crippen LogP) is 4.24. The van der Waals surface area contributed by atoms with Crippen molar-refractivity contribution in [3.8, 4) is 6.07 Å². The first-order valence-electron chi connectivity index (χ1n) is 10.6. The summed E-state index contributed by atoms with van der Waals surface area (Å²) in [5.74, 6) is -0.214. The number of nitrogens with one attached hydrogen (secondary N) is 1. The number of hydrogen-bond acceptors (Lipinski definition) is 7. The number of hydrogen-bond donors (Lipinski definition) is 1. The maximum absolute atomic E-state index is 12.6. The smallest absolute Gasteiger partial charge is 0.410 e. The highest BCUT2D eigenvalue weighted by Gasteiger charge is 2.28. The summed E-state index contributed by atoms with van der Waals surface area (Å²) in [6.07, 6.45) is 5.41. The molecule has 0 unspecified atom stereocenters. The van der Waals surface area contributed by atoms with Crippen molar-refractivity contribution < 1.29 is 14.3 Å². The molecule has 9 heteroatoms. The molecule has 2 amide bonds. The predicted molar refractivity (Wildman–Crippen MR) is 123 cm³/mol. The highest BCUT2D eigenvalue weighted by Crippen LogP contribution is 2.37. The lowest BCUT2D eigenvalue weighted by Gasteiger charge is -2.26. The molecule has 0 saturated carbocycles. The molecule has 4 heterocycles. The van der Waals surface area contributed by atoms with Gasteiger partial charge in [0.25, 0.3) is 0 Å². The maximum atomic E-state index is 12.6. The molecule has 168 valence electrons. The molecule has 0 aromatic carbocycles. The summed E-state index contributed by atoms with van der Waals surface area (Å²) < 4.78 is 5.42. The fraction of sp³-hybridized carbons (Fsp3) is 0.292. The Labute approximate surface area is 195 Å². The number of aromatic nitrogens is 2. The van der Waals surface area contributed by atoms with Crippen molar-refractivity contribution in [2.45, 2.75) is 38.8 Å². The van der Waals surface area contributed by atoms with Gasteiger partial charge in [-0.25, -0.2) is 4.79 Å². The van der Waals surface area contributed by atoms with Crippen LogP contribution in [0.2, 0.25) is 0 Å². The second-order valence-corrected chi connectivity index (χ2v) is 8.91. The molecule has 8 nitrogen and oxygen atoms in total. The van der Waals surface area contributed by atoms with Gasteiger partial charge in [0.05, 0.1) is 12.1 Å². The van der Waals surface area contributed by atoms with E-state index in [0.29, 0.717) is 30.1 Å². The van der Waals surface area contributed by atoms with Crippen LogP contribution >= 0.6 is 11.3 Å². The molecule has 0 saturated heterocycles. The number of nitrogens with zero attached hydrogens (tertiary/aromatic N) is 4. The Bertz CT molecular complexity index is 1170. The van der Waals surface area contributed by atoms with E-state index >= 15 is 0 Å². The summed E-state index contributed by atoms with van der Waals surface area (Å²) >= 11 is 1.35. The third-order valence-electron chi connectivity index (χ3n) is 5.48. The van der Waals surface area contributed by atoms with E-state index in [1.807, 2.05) is 25.1 Å². The molecule has 1 atom stereocenters. The number of anilines is 1. The van der Waals surface area contributed by atoms with Crippen molar-refractivity contribution in [1.29, 1.82) is 5.26 Å². The topological polar surface area (TPSA) is 108 Å². The highest BCUT2D eigenvalue weighted by molar-refractivity contribution is 7.16. The number of ether oxygens (including phenoxy) is 1. The largest absolute Gasteiger partial charge is 0.445 e. The van der Waals surface area contributed by atoms with Gasteiger partial charge in [0.15, 0.2) is 0 Å². The Balaban J connectivity index is 1.39. The minimum absolute atomic E-state index is 0.0445. The van der Waals surface area contributed by atoms with Crippen molar-refractivity contribution in [3.63, 3.8) is 0 Å². The third kappa shape index (κ3) is 5.35. The van der Waals surface area contributed by atoms with E-state index in [9.17, 15) is 14.9 Å². The fourth-order valence-corrected chi connectivity index (χ4v) is 4.94. The molecule has 0 fully saturated rings. The minimum Gasteiger partial charge on any atom is -0.445 e. The van der Waals surface area contributed by atoms with Crippen molar-refractivity contribution in [2.24, 2.45) is 0 Å². The summed E-state index contributed by atoms with van der Waals surface area (Å²) in [4.78, 5) is 35.9. The summed E-state index contributed by atoms with van der Waals surface area (Å²) in [5, 5.41) is 13.1. The Hall–Kier alpha value is -3.77. The van der Waals surface area contributed by atoms with Crippen LogP contribution in [0.25, 0.3) is 0 Å². The molecule has 1 aliphatic rings. The molecule has 4 rings (SSSR count). The van der Waals surface area contributed by atoms with Crippen LogP contribution in [0.15, 0.2) is 48.9 Å². The zero-order chi connectivity index (χ0) is 23.2. The molecule has 0 bridgehead atoms. The van der Waals surface area contributed by atoms with E-state index in [2.05, 4.69) is 21.4 Å². The lowest BCUT2D eigenvalue weighted by Crippen LogP contribution is -2.35. The number of carbonyl (C=O) groups excluding carboxylic acids is 2. The number of thiophene rings is 1. The van der Waals surface area contributed by atoms with E-state index in [-0.39, 0.29) is 24.9 Å². The number of amides is 2. The lowest BCUT2D eigenvalue weighted by atomic mass is 10.0. The number of carbonyl (C=O) groups is 2. The molecular weight excluding hydrogens is 438 g/mol. The van der Waals surface area contributed by atoms with E-state index in [0.717, 1.165) is 21.7 Å². The first-order chi connectivity index (χ1) is 16.0. The lowest BCUT2D eigenvalue weighted by molar-refractivity contribution is -0.116. The number of nitriles is 1. The van der Waals surface area contributed by atoms with Crippen LogP contribution < -0.4 is 5.32 Å². The van der Waals surface area contributed by atoms with Gasteiger partial charge in [-0.2, -0.15) is 5.26 Å². The Kier molecular flexibility index (Phi) is 6.95. The van der Waals surface area contributed by atoms with Gasteiger partial charge in [-0.3, -0.25) is 14.8 Å². The first-order valence-corrected chi connectivity index (χ1v) is 11.4. The number of pyridine rings is 2. The Morgan fingerprint density at radius 3 is 2.82 bits per heavy atom. The zero-order valence-electron chi connectivity index (χ0n) is 18.2. The van der Waals surface area contributed by atoms with Crippen LogP contribution in [-0.2, 0) is 29.1 Å². The molecule has 33 heavy (non-hydrogen) atoms. The van der Waals surface area contributed by atoms with Gasteiger partial charge >= 0.3 is 6.09 Å². The van der Waals surface area contributed by atoms with E-state index < -0.39 is 6.09 Å². The van der Waals surface area contributed by atoms with Crippen molar-refractivity contribution >= 4 is 28.3 Å². The average Bonchev–Trinajstić information content (AvgIpc) is 3.19. The Morgan fingerprint density at radius 1 is 1.27 bits per heavy atom. The van der Waals surface area contributed by atoms with Gasteiger partial charge in [0, 0.05) is 48.0 Å². The Morgan fingerprint density at radius 2 is 2.09 bits per heavy atom. The highest BCUT2D eigenvalue weighted by atomic mass is 32.1. The van der Waals surface area contributed by atoms with Crippen molar-refractivity contribution in [1.82, 2.24) is 14.9 Å². The summed E-state index contributed by atoms with van der Waals surface area (Å²) in [6.45, 7) is 2.93. The second kappa shape index (κ2) is 10.2. The van der Waals surface area contributed by atoms with Crippen LogP contribution in [0, 0.1) is 11.3 Å². The van der Waals surface area contributed by atoms with Gasteiger partial charge in [-0.05, 0) is 41.8 Å². The zero-order valence-corrected chi connectivity index (χ0v) is 19.0. The SMILES string of the molecule is C[C@@H](CC(=O)Nc1sc2c(c1C#N)CCN(C(=O)OCc1ccncc1)C2)c1ccccn1. The van der Waals surface area contributed by atoms with Gasteiger partial charge in [-0.1, -0.05) is 13.0 Å². The quantitative estimate of drug-likeness (QED) is 0.588. The van der Waals surface area contributed by atoms with Crippen LogP contribution in [0.3, 0.4) is 0 Å². The van der Waals surface area contributed by atoms with Gasteiger partial charge in [0.1, 0.15) is 17.7 Å². The van der Waals surface area contributed by atoms with E-state index in [4.69, 9.17) is 4.74 Å². The van der Waals surface area contributed by atoms with Crippen LogP contribution in [0.5, 0.6) is 0 Å². The molecule has 0 spiro atoms. The normalized spacial score (nSPS) is 13.5. The van der Waals surface area contributed by atoms with Crippen LogP contribution in [0.4, 0.5) is 9.80 Å². The molecule has 0 aliphatic carbocycles. The number of rotatable bonds is 6. The third-order valence-corrected chi connectivity index (χ3v) is 6.61. The van der Waals surface area contributed by atoms with E-state index in [1.54, 1.807) is 35.6 Å².